The smallest absolute Gasteiger partial charge is 0.487 e. The van der Waals surface area contributed by atoms with Crippen molar-refractivity contribution < 1.29 is 23.4 Å². The first-order valence-electron chi connectivity index (χ1n) is 7.02. The van der Waals surface area contributed by atoms with Crippen molar-refractivity contribution in [2.75, 3.05) is 7.11 Å². The maximum atomic E-state index is 13.7. The molecule has 0 saturated carbocycles. The summed E-state index contributed by atoms with van der Waals surface area (Å²) >= 11 is 10.3. The molecule has 0 radical (unpaired) electrons. The zero-order valence-electron chi connectivity index (χ0n) is 13.1. The van der Waals surface area contributed by atoms with Crippen LogP contribution in [-0.2, 0) is 17.1 Å². The fraction of sp³-hybridized carbons (Fsp3) is 0.235. The van der Waals surface area contributed by atoms with Gasteiger partial charge >= 0.3 is 6.16 Å². The van der Waals surface area contributed by atoms with Crippen molar-refractivity contribution >= 4 is 30.4 Å². The molecule has 0 heterocycles. The standard InChI is InChI=1S/C17H16ClFO4S/c1-10-6-13(18)16(7-14(10)19)22-8-12-11(9-24)4-3-5-15(12)23-17(20)21-2/h3-7,24H,8-9H2,1-2H3. The van der Waals surface area contributed by atoms with Gasteiger partial charge in [0.25, 0.3) is 0 Å². The van der Waals surface area contributed by atoms with Crippen LogP contribution in [-0.4, -0.2) is 13.3 Å². The molecule has 0 spiro atoms. The van der Waals surface area contributed by atoms with Gasteiger partial charge in [-0.25, -0.2) is 9.18 Å². The van der Waals surface area contributed by atoms with E-state index in [1.807, 2.05) is 6.07 Å². The molecule has 2 aromatic rings. The Morgan fingerprint density at radius 3 is 2.71 bits per heavy atom. The van der Waals surface area contributed by atoms with Gasteiger partial charge in [0, 0.05) is 17.4 Å². The molecule has 0 amide bonds. The van der Waals surface area contributed by atoms with Crippen molar-refractivity contribution in [3.63, 3.8) is 0 Å². The van der Waals surface area contributed by atoms with E-state index in [-0.39, 0.29) is 18.1 Å². The van der Waals surface area contributed by atoms with Gasteiger partial charge in [0.2, 0.25) is 0 Å². The maximum absolute atomic E-state index is 13.7. The quantitative estimate of drug-likeness (QED) is 0.460. The van der Waals surface area contributed by atoms with E-state index in [2.05, 4.69) is 17.4 Å². The van der Waals surface area contributed by atoms with E-state index in [1.54, 1.807) is 19.1 Å². The summed E-state index contributed by atoms with van der Waals surface area (Å²) in [6, 6.07) is 7.88. The van der Waals surface area contributed by atoms with Gasteiger partial charge in [-0.2, -0.15) is 12.6 Å². The minimum Gasteiger partial charge on any atom is -0.487 e. The average molecular weight is 371 g/mol. The number of ether oxygens (including phenoxy) is 3. The van der Waals surface area contributed by atoms with E-state index in [0.717, 1.165) is 5.56 Å². The van der Waals surface area contributed by atoms with Crippen molar-refractivity contribution in [2.45, 2.75) is 19.3 Å². The van der Waals surface area contributed by atoms with Gasteiger partial charge in [-0.1, -0.05) is 23.7 Å². The molecule has 0 N–H and O–H groups in total. The second-order valence-electron chi connectivity index (χ2n) is 4.93. The largest absolute Gasteiger partial charge is 0.513 e. The lowest BCUT2D eigenvalue weighted by Crippen LogP contribution is -2.11. The molecule has 0 aliphatic rings. The number of hydrogen-bond donors (Lipinski definition) is 1. The van der Waals surface area contributed by atoms with Crippen LogP contribution in [0.25, 0.3) is 0 Å². The molecule has 0 aliphatic carbocycles. The summed E-state index contributed by atoms with van der Waals surface area (Å²) in [6.07, 6.45) is -0.841. The van der Waals surface area contributed by atoms with E-state index >= 15 is 0 Å². The highest BCUT2D eigenvalue weighted by atomic mass is 35.5. The number of hydrogen-bond acceptors (Lipinski definition) is 5. The van der Waals surface area contributed by atoms with Crippen LogP contribution in [0.15, 0.2) is 30.3 Å². The Hall–Kier alpha value is -1.92. The minimum atomic E-state index is -0.841. The summed E-state index contributed by atoms with van der Waals surface area (Å²) in [4.78, 5) is 11.4. The molecule has 128 valence electrons. The second kappa shape index (κ2) is 8.26. The SMILES string of the molecule is COC(=O)Oc1cccc(CS)c1COc1cc(F)c(C)cc1Cl. The Labute approximate surface area is 149 Å². The molecule has 0 saturated heterocycles. The lowest BCUT2D eigenvalue weighted by Gasteiger charge is -2.15. The Morgan fingerprint density at radius 2 is 2.04 bits per heavy atom. The van der Waals surface area contributed by atoms with Gasteiger partial charge in [0.1, 0.15) is 23.9 Å². The number of halogens is 2. The molecule has 0 aromatic heterocycles. The van der Waals surface area contributed by atoms with Gasteiger partial charge < -0.3 is 14.2 Å². The molecule has 0 atom stereocenters. The van der Waals surface area contributed by atoms with Crippen LogP contribution in [0, 0.1) is 12.7 Å². The molecule has 2 rings (SSSR count). The van der Waals surface area contributed by atoms with Gasteiger partial charge in [0.15, 0.2) is 0 Å². The molecule has 2 aromatic carbocycles. The summed E-state index contributed by atoms with van der Waals surface area (Å²) < 4.78 is 28.9. The monoisotopic (exact) mass is 370 g/mol. The van der Waals surface area contributed by atoms with E-state index in [1.165, 1.54) is 19.2 Å². The van der Waals surface area contributed by atoms with Crippen molar-refractivity contribution in [1.82, 2.24) is 0 Å². The average Bonchev–Trinajstić information content (AvgIpc) is 2.57. The van der Waals surface area contributed by atoms with E-state index in [9.17, 15) is 9.18 Å². The minimum absolute atomic E-state index is 0.0330. The number of carbonyl (C=O) groups is 1. The number of benzene rings is 2. The van der Waals surface area contributed by atoms with Crippen molar-refractivity contribution in [1.29, 1.82) is 0 Å². The predicted octanol–water partition coefficient (Wildman–Crippen LogP) is 4.94. The van der Waals surface area contributed by atoms with Crippen molar-refractivity contribution in [2.24, 2.45) is 0 Å². The molecule has 24 heavy (non-hydrogen) atoms. The second-order valence-corrected chi connectivity index (χ2v) is 5.65. The molecule has 0 fully saturated rings. The van der Waals surface area contributed by atoms with Gasteiger partial charge in [-0.05, 0) is 30.2 Å². The fourth-order valence-electron chi connectivity index (χ4n) is 2.04. The highest BCUT2D eigenvalue weighted by molar-refractivity contribution is 7.79. The third-order valence-electron chi connectivity index (χ3n) is 3.35. The first kappa shape index (κ1) is 18.4. The highest BCUT2D eigenvalue weighted by Gasteiger charge is 2.15. The van der Waals surface area contributed by atoms with E-state index in [4.69, 9.17) is 21.1 Å². The zero-order chi connectivity index (χ0) is 17.7. The number of methoxy groups -OCH3 is 1. The van der Waals surface area contributed by atoms with Crippen LogP contribution in [0.1, 0.15) is 16.7 Å². The Kier molecular flexibility index (Phi) is 6.34. The Morgan fingerprint density at radius 1 is 1.29 bits per heavy atom. The molecule has 0 unspecified atom stereocenters. The highest BCUT2D eigenvalue weighted by Crippen LogP contribution is 2.31. The lowest BCUT2D eigenvalue weighted by molar-refractivity contribution is 0.120. The van der Waals surface area contributed by atoms with Crippen LogP contribution in [0.2, 0.25) is 5.02 Å². The number of aryl methyl sites for hydroxylation is 1. The van der Waals surface area contributed by atoms with Crippen LogP contribution >= 0.6 is 24.2 Å². The molecular formula is C17H16ClFO4S. The van der Waals surface area contributed by atoms with Crippen LogP contribution in [0.4, 0.5) is 9.18 Å². The third-order valence-corrected chi connectivity index (χ3v) is 3.98. The normalized spacial score (nSPS) is 10.4. The predicted molar refractivity (Wildman–Crippen MR) is 92.6 cm³/mol. The lowest BCUT2D eigenvalue weighted by atomic mass is 10.1. The van der Waals surface area contributed by atoms with Crippen molar-refractivity contribution in [3.05, 3.63) is 57.9 Å². The molecule has 0 aliphatic heterocycles. The zero-order valence-corrected chi connectivity index (χ0v) is 14.8. The topological polar surface area (TPSA) is 44.8 Å². The first-order valence-corrected chi connectivity index (χ1v) is 8.03. The molecular weight excluding hydrogens is 355 g/mol. The third kappa shape index (κ3) is 4.33. The van der Waals surface area contributed by atoms with Crippen molar-refractivity contribution in [3.8, 4) is 11.5 Å². The Bertz CT molecular complexity index is 752. The van der Waals surface area contributed by atoms with Crippen LogP contribution < -0.4 is 9.47 Å². The fourth-order valence-corrected chi connectivity index (χ4v) is 2.61. The maximum Gasteiger partial charge on any atom is 0.513 e. The molecule has 7 heteroatoms. The summed E-state index contributed by atoms with van der Waals surface area (Å²) in [5, 5.41) is 0.299. The summed E-state index contributed by atoms with van der Waals surface area (Å²) in [6.45, 7) is 1.65. The molecule has 0 bridgehead atoms. The number of rotatable bonds is 5. The van der Waals surface area contributed by atoms with E-state index in [0.29, 0.717) is 21.9 Å². The first-order chi connectivity index (χ1) is 11.5. The summed E-state index contributed by atoms with van der Waals surface area (Å²) in [7, 11) is 1.22. The van der Waals surface area contributed by atoms with Gasteiger partial charge in [-0.3, -0.25) is 0 Å². The Balaban J connectivity index is 2.28. The van der Waals surface area contributed by atoms with E-state index < -0.39 is 12.0 Å². The summed E-state index contributed by atoms with van der Waals surface area (Å²) in [5.41, 5.74) is 1.84. The van der Waals surface area contributed by atoms with Gasteiger partial charge in [0.05, 0.1) is 12.1 Å². The van der Waals surface area contributed by atoms with Gasteiger partial charge in [-0.15, -0.1) is 0 Å². The van der Waals surface area contributed by atoms with Crippen LogP contribution in [0.5, 0.6) is 11.5 Å². The molecule has 4 nitrogen and oxygen atoms in total. The number of thiol groups is 1. The number of carbonyl (C=O) groups excluding carboxylic acids is 1. The summed E-state index contributed by atoms with van der Waals surface area (Å²) in [5.74, 6) is 0.491. The van der Waals surface area contributed by atoms with Crippen LogP contribution in [0.3, 0.4) is 0 Å².